The van der Waals surface area contributed by atoms with Crippen LogP contribution in [0.25, 0.3) is 0 Å². The molecular weight excluding hydrogens is 216 g/mol. The number of methoxy groups -OCH3 is 1. The molecule has 0 aromatic carbocycles. The van der Waals surface area contributed by atoms with Crippen molar-refractivity contribution in [1.29, 1.82) is 0 Å². The van der Waals surface area contributed by atoms with Gasteiger partial charge < -0.3 is 10.1 Å². The standard InChI is InChI=1S/C13H20N2O2/c1-6-8(2)12(17-5)7-11-9(3)13(16)15-10(4)14-11/h7,9H,6H2,1-5H3,(H,14,15,16)/b11-7+,12-8+. The van der Waals surface area contributed by atoms with E-state index < -0.39 is 0 Å². The molecule has 4 nitrogen and oxygen atoms in total. The van der Waals surface area contributed by atoms with Crippen molar-refractivity contribution in [3.63, 3.8) is 0 Å². The van der Waals surface area contributed by atoms with Gasteiger partial charge in [-0.2, -0.15) is 0 Å². The number of carbonyl (C=O) groups excluding carboxylic acids is 1. The van der Waals surface area contributed by atoms with E-state index >= 15 is 0 Å². The summed E-state index contributed by atoms with van der Waals surface area (Å²) in [6.07, 6.45) is 2.77. The average Bonchev–Trinajstić information content (AvgIpc) is 2.30. The van der Waals surface area contributed by atoms with Crippen LogP contribution in [0.2, 0.25) is 0 Å². The average molecular weight is 236 g/mol. The Morgan fingerprint density at radius 1 is 1.59 bits per heavy atom. The van der Waals surface area contributed by atoms with E-state index in [9.17, 15) is 4.79 Å². The summed E-state index contributed by atoms with van der Waals surface area (Å²) in [6.45, 7) is 7.70. The summed E-state index contributed by atoms with van der Waals surface area (Å²) in [5.74, 6) is 1.16. The molecule has 0 saturated carbocycles. The summed E-state index contributed by atoms with van der Waals surface area (Å²) < 4.78 is 5.33. The zero-order chi connectivity index (χ0) is 13.0. The molecule has 94 valence electrons. The second-order valence-electron chi connectivity index (χ2n) is 4.18. The molecule has 0 aliphatic carbocycles. The van der Waals surface area contributed by atoms with Crippen LogP contribution in [0.3, 0.4) is 0 Å². The topological polar surface area (TPSA) is 50.7 Å². The minimum atomic E-state index is -0.242. The Labute approximate surface area is 102 Å². The van der Waals surface area contributed by atoms with E-state index in [0.717, 1.165) is 23.5 Å². The summed E-state index contributed by atoms with van der Waals surface area (Å²) in [4.78, 5) is 16.0. The number of amidine groups is 1. The van der Waals surface area contributed by atoms with Crippen LogP contribution in [0, 0.1) is 5.92 Å². The molecule has 0 saturated heterocycles. The van der Waals surface area contributed by atoms with E-state index in [-0.39, 0.29) is 11.8 Å². The first-order chi connectivity index (χ1) is 7.99. The maximum Gasteiger partial charge on any atom is 0.234 e. The largest absolute Gasteiger partial charge is 0.497 e. The van der Waals surface area contributed by atoms with Crippen molar-refractivity contribution in [2.45, 2.75) is 34.1 Å². The first-order valence-corrected chi connectivity index (χ1v) is 5.81. The van der Waals surface area contributed by atoms with Gasteiger partial charge in [0.05, 0.1) is 18.7 Å². The molecule has 1 amide bonds. The van der Waals surface area contributed by atoms with E-state index in [1.54, 1.807) is 14.0 Å². The highest BCUT2D eigenvalue weighted by Gasteiger charge is 2.23. The highest BCUT2D eigenvalue weighted by atomic mass is 16.5. The van der Waals surface area contributed by atoms with Crippen molar-refractivity contribution in [1.82, 2.24) is 5.32 Å². The lowest BCUT2D eigenvalue weighted by Gasteiger charge is -2.19. The summed E-state index contributed by atoms with van der Waals surface area (Å²) >= 11 is 0. The Bertz CT molecular complexity index is 406. The van der Waals surface area contributed by atoms with Crippen molar-refractivity contribution in [3.05, 3.63) is 23.1 Å². The molecule has 0 radical (unpaired) electrons. The number of rotatable bonds is 3. The molecule has 0 bridgehead atoms. The minimum absolute atomic E-state index is 0.0200. The van der Waals surface area contributed by atoms with Crippen molar-refractivity contribution in [2.24, 2.45) is 10.9 Å². The Balaban J connectivity index is 3.13. The second kappa shape index (κ2) is 5.66. The summed E-state index contributed by atoms with van der Waals surface area (Å²) in [6, 6.07) is 0. The zero-order valence-corrected chi connectivity index (χ0v) is 11.1. The maximum atomic E-state index is 11.6. The van der Waals surface area contributed by atoms with E-state index in [1.807, 2.05) is 19.9 Å². The molecule has 1 unspecified atom stereocenters. The van der Waals surface area contributed by atoms with Crippen LogP contribution in [0.5, 0.6) is 0 Å². The number of nitrogens with one attached hydrogen (secondary N) is 1. The predicted molar refractivity (Wildman–Crippen MR) is 68.5 cm³/mol. The van der Waals surface area contributed by atoms with Gasteiger partial charge in [0.15, 0.2) is 0 Å². The van der Waals surface area contributed by atoms with Gasteiger partial charge in [0.25, 0.3) is 0 Å². The highest BCUT2D eigenvalue weighted by molar-refractivity contribution is 6.01. The number of carbonyl (C=O) groups is 1. The number of aliphatic imine (C=N–C) groups is 1. The lowest BCUT2D eigenvalue weighted by molar-refractivity contribution is -0.122. The molecule has 0 aromatic rings. The van der Waals surface area contributed by atoms with E-state index in [0.29, 0.717) is 5.84 Å². The molecule has 4 heteroatoms. The third-order valence-corrected chi connectivity index (χ3v) is 2.89. The monoisotopic (exact) mass is 236 g/mol. The molecule has 1 heterocycles. The van der Waals surface area contributed by atoms with Crippen LogP contribution in [0.4, 0.5) is 0 Å². The first-order valence-electron chi connectivity index (χ1n) is 5.81. The quantitative estimate of drug-likeness (QED) is 0.765. The fourth-order valence-electron chi connectivity index (χ4n) is 1.56. The van der Waals surface area contributed by atoms with Crippen molar-refractivity contribution in [3.8, 4) is 0 Å². The minimum Gasteiger partial charge on any atom is -0.497 e. The van der Waals surface area contributed by atoms with Gasteiger partial charge in [0, 0.05) is 6.08 Å². The van der Waals surface area contributed by atoms with Crippen LogP contribution < -0.4 is 5.32 Å². The van der Waals surface area contributed by atoms with Gasteiger partial charge in [-0.25, -0.2) is 4.99 Å². The Kier molecular flexibility index (Phi) is 4.49. The molecule has 1 N–H and O–H groups in total. The van der Waals surface area contributed by atoms with Crippen LogP contribution in [0.1, 0.15) is 34.1 Å². The van der Waals surface area contributed by atoms with Crippen LogP contribution in [0.15, 0.2) is 28.1 Å². The van der Waals surface area contributed by atoms with Crippen LogP contribution in [-0.2, 0) is 9.53 Å². The van der Waals surface area contributed by atoms with Gasteiger partial charge in [0.1, 0.15) is 11.6 Å². The number of amides is 1. The second-order valence-corrected chi connectivity index (χ2v) is 4.18. The Hall–Kier alpha value is -1.58. The molecule has 17 heavy (non-hydrogen) atoms. The van der Waals surface area contributed by atoms with Crippen LogP contribution >= 0.6 is 0 Å². The molecule has 1 aliphatic rings. The lowest BCUT2D eigenvalue weighted by atomic mass is 10.0. The zero-order valence-electron chi connectivity index (χ0n) is 11.1. The smallest absolute Gasteiger partial charge is 0.234 e. The number of hydrogen-bond acceptors (Lipinski definition) is 3. The first kappa shape index (κ1) is 13.5. The normalized spacial score (nSPS) is 24.1. The fraction of sp³-hybridized carbons (Fsp3) is 0.538. The molecular formula is C13H20N2O2. The van der Waals surface area contributed by atoms with E-state index in [2.05, 4.69) is 17.2 Å². The summed E-state index contributed by atoms with van der Waals surface area (Å²) in [7, 11) is 1.63. The summed E-state index contributed by atoms with van der Waals surface area (Å²) in [5.41, 5.74) is 1.89. The van der Waals surface area contributed by atoms with E-state index in [1.165, 1.54) is 0 Å². The Morgan fingerprint density at radius 2 is 2.24 bits per heavy atom. The fourth-order valence-corrected chi connectivity index (χ4v) is 1.56. The predicted octanol–water partition coefficient (Wildman–Crippen LogP) is 2.39. The van der Waals surface area contributed by atoms with Gasteiger partial charge in [0.2, 0.25) is 5.91 Å². The number of hydrogen-bond donors (Lipinski definition) is 1. The maximum absolute atomic E-state index is 11.6. The SMILES string of the molecule is CC/C(C)=C(\C=C1\N=C(C)NC(=O)C1C)OC. The molecule has 1 atom stereocenters. The van der Waals surface area contributed by atoms with Crippen molar-refractivity contribution in [2.75, 3.05) is 7.11 Å². The van der Waals surface area contributed by atoms with Crippen molar-refractivity contribution < 1.29 is 9.53 Å². The number of nitrogens with zero attached hydrogens (tertiary/aromatic N) is 1. The van der Waals surface area contributed by atoms with Gasteiger partial charge in [-0.15, -0.1) is 0 Å². The van der Waals surface area contributed by atoms with Crippen molar-refractivity contribution >= 4 is 11.7 Å². The third kappa shape index (κ3) is 3.19. The number of allylic oxidation sites excluding steroid dienone is 2. The molecule has 0 aromatic heterocycles. The third-order valence-electron chi connectivity index (χ3n) is 2.89. The van der Waals surface area contributed by atoms with Gasteiger partial charge in [-0.05, 0) is 32.8 Å². The highest BCUT2D eigenvalue weighted by Crippen LogP contribution is 2.21. The molecule has 0 fully saturated rings. The number of ether oxygens (including phenoxy) is 1. The van der Waals surface area contributed by atoms with Crippen LogP contribution in [-0.4, -0.2) is 18.9 Å². The lowest BCUT2D eigenvalue weighted by Crippen LogP contribution is -2.37. The van der Waals surface area contributed by atoms with Gasteiger partial charge in [-0.1, -0.05) is 6.92 Å². The Morgan fingerprint density at radius 3 is 2.76 bits per heavy atom. The van der Waals surface area contributed by atoms with E-state index in [4.69, 9.17) is 4.74 Å². The molecule has 1 aliphatic heterocycles. The van der Waals surface area contributed by atoms with Gasteiger partial charge in [-0.3, -0.25) is 4.79 Å². The molecule has 1 rings (SSSR count). The summed E-state index contributed by atoms with van der Waals surface area (Å²) in [5, 5.41) is 2.71. The van der Waals surface area contributed by atoms with Gasteiger partial charge >= 0.3 is 0 Å². The molecule has 0 spiro atoms.